The van der Waals surface area contributed by atoms with Crippen molar-refractivity contribution in [3.8, 4) is 5.75 Å². The number of nitrogens with zero attached hydrogens (tertiary/aromatic N) is 1. The molecule has 0 aliphatic rings. The third kappa shape index (κ3) is 4.14. The summed E-state index contributed by atoms with van der Waals surface area (Å²) in [6, 6.07) is 2.65. The van der Waals surface area contributed by atoms with Gasteiger partial charge in [-0.25, -0.2) is 4.98 Å². The first kappa shape index (κ1) is 14.7. The average molecular weight is 275 g/mol. The molecule has 1 heterocycles. The summed E-state index contributed by atoms with van der Waals surface area (Å²) in [5.41, 5.74) is 0.160. The molecule has 2 atom stereocenters. The Hall–Kier alpha value is -1.37. The van der Waals surface area contributed by atoms with Crippen molar-refractivity contribution in [1.82, 2.24) is 10.3 Å². The summed E-state index contributed by atoms with van der Waals surface area (Å²) in [6.07, 6.45) is -2.12. The van der Waals surface area contributed by atoms with Gasteiger partial charge >= 0.3 is 0 Å². The second-order valence-electron chi connectivity index (χ2n) is 3.83. The lowest BCUT2D eigenvalue weighted by Gasteiger charge is -2.17. The molecular formula is C11H15ClN2O4. The summed E-state index contributed by atoms with van der Waals surface area (Å²) in [7, 11) is 0. The van der Waals surface area contributed by atoms with Gasteiger partial charge in [-0.05, 0) is 18.6 Å². The minimum Gasteiger partial charge on any atom is -0.505 e. The third-order valence-electron chi connectivity index (χ3n) is 2.33. The molecule has 6 nitrogen and oxygen atoms in total. The summed E-state index contributed by atoms with van der Waals surface area (Å²) in [6.45, 7) is 1.61. The molecule has 0 aliphatic carbocycles. The van der Waals surface area contributed by atoms with Crippen LogP contribution in [0.2, 0.25) is 5.15 Å². The van der Waals surface area contributed by atoms with Crippen LogP contribution in [-0.2, 0) is 4.79 Å². The fourth-order valence-electron chi connectivity index (χ4n) is 1.36. The second kappa shape index (κ2) is 6.53. The fourth-order valence-corrected chi connectivity index (χ4v) is 1.52. The molecular weight excluding hydrogens is 260 g/mol. The quantitative estimate of drug-likeness (QED) is 0.581. The van der Waals surface area contributed by atoms with Crippen LogP contribution in [-0.4, -0.2) is 38.9 Å². The van der Waals surface area contributed by atoms with Crippen molar-refractivity contribution in [3.05, 3.63) is 23.0 Å². The number of aromatic hydroxyl groups is 1. The van der Waals surface area contributed by atoms with Crippen LogP contribution in [0.25, 0.3) is 0 Å². The van der Waals surface area contributed by atoms with Gasteiger partial charge in [0.25, 0.3) is 0 Å². The molecule has 0 aliphatic heterocycles. The highest BCUT2D eigenvalue weighted by molar-refractivity contribution is 6.30. The molecule has 0 saturated carbocycles. The molecule has 1 amide bonds. The van der Waals surface area contributed by atoms with Crippen LogP contribution in [0, 0.1) is 0 Å². The highest BCUT2D eigenvalue weighted by atomic mass is 35.5. The highest BCUT2D eigenvalue weighted by Gasteiger charge is 2.20. The van der Waals surface area contributed by atoms with E-state index in [2.05, 4.69) is 10.3 Å². The van der Waals surface area contributed by atoms with E-state index in [1.807, 2.05) is 0 Å². The number of aromatic nitrogens is 1. The molecule has 100 valence electrons. The Kier molecular flexibility index (Phi) is 5.33. The van der Waals surface area contributed by atoms with Gasteiger partial charge in [0, 0.05) is 13.5 Å². The number of aliphatic hydroxyl groups is 2. The van der Waals surface area contributed by atoms with E-state index in [-0.39, 0.29) is 35.5 Å². The molecule has 0 spiro atoms. The van der Waals surface area contributed by atoms with Gasteiger partial charge in [-0.15, -0.1) is 0 Å². The molecule has 7 heteroatoms. The predicted octanol–water partition coefficient (Wildman–Crippen LogP) is 0.361. The van der Waals surface area contributed by atoms with Crippen molar-refractivity contribution in [1.29, 1.82) is 0 Å². The Bertz CT molecular complexity index is 428. The van der Waals surface area contributed by atoms with E-state index in [9.17, 15) is 20.1 Å². The molecule has 1 aromatic heterocycles. The third-order valence-corrected chi connectivity index (χ3v) is 2.61. The number of rotatable bonds is 5. The maximum absolute atomic E-state index is 10.6. The van der Waals surface area contributed by atoms with Gasteiger partial charge in [-0.1, -0.05) is 11.6 Å². The van der Waals surface area contributed by atoms with Gasteiger partial charge in [0.15, 0.2) is 10.9 Å². The van der Waals surface area contributed by atoms with Crippen molar-refractivity contribution in [2.45, 2.75) is 25.6 Å². The van der Waals surface area contributed by atoms with Crippen molar-refractivity contribution in [3.63, 3.8) is 0 Å². The zero-order valence-corrected chi connectivity index (χ0v) is 10.6. The number of nitrogens with one attached hydrogen (secondary N) is 1. The highest BCUT2D eigenvalue weighted by Crippen LogP contribution is 2.24. The lowest BCUT2D eigenvalue weighted by Crippen LogP contribution is -2.28. The SMILES string of the molecule is CC(=O)NCCC(O)C(O)c1ccc(O)c(Cl)n1. The number of carbonyl (C=O) groups is 1. The van der Waals surface area contributed by atoms with E-state index in [1.165, 1.54) is 19.1 Å². The Balaban J connectivity index is 2.59. The van der Waals surface area contributed by atoms with E-state index in [1.54, 1.807) is 0 Å². The number of halogens is 1. The lowest BCUT2D eigenvalue weighted by atomic mass is 10.1. The van der Waals surface area contributed by atoms with Crippen LogP contribution in [0.1, 0.15) is 25.1 Å². The van der Waals surface area contributed by atoms with E-state index < -0.39 is 12.2 Å². The van der Waals surface area contributed by atoms with Crippen molar-refractivity contribution < 1.29 is 20.1 Å². The lowest BCUT2D eigenvalue weighted by molar-refractivity contribution is -0.119. The number of hydrogen-bond acceptors (Lipinski definition) is 5. The van der Waals surface area contributed by atoms with E-state index in [4.69, 9.17) is 11.6 Å². The summed E-state index contributed by atoms with van der Waals surface area (Å²) in [4.78, 5) is 14.4. The predicted molar refractivity (Wildman–Crippen MR) is 65.2 cm³/mol. The largest absolute Gasteiger partial charge is 0.505 e. The number of aliphatic hydroxyl groups excluding tert-OH is 2. The first-order chi connectivity index (χ1) is 8.41. The molecule has 18 heavy (non-hydrogen) atoms. The maximum Gasteiger partial charge on any atom is 0.216 e. The summed E-state index contributed by atoms with van der Waals surface area (Å²) in [5.74, 6) is -0.400. The standard InChI is InChI=1S/C11H15ClN2O4/c1-6(15)13-5-4-8(16)10(18)7-2-3-9(17)11(12)14-7/h2-3,8,10,16-18H,4-5H2,1H3,(H,13,15). The van der Waals surface area contributed by atoms with Crippen molar-refractivity contribution in [2.24, 2.45) is 0 Å². The van der Waals surface area contributed by atoms with Gasteiger partial charge in [0.2, 0.25) is 5.91 Å². The molecule has 0 fully saturated rings. The monoisotopic (exact) mass is 274 g/mol. The molecule has 4 N–H and O–H groups in total. The Morgan fingerprint density at radius 3 is 2.72 bits per heavy atom. The van der Waals surface area contributed by atoms with Crippen LogP contribution in [0.3, 0.4) is 0 Å². The van der Waals surface area contributed by atoms with Gasteiger partial charge in [0.05, 0.1) is 11.8 Å². The number of carbonyl (C=O) groups excluding carboxylic acids is 1. The molecule has 0 saturated heterocycles. The summed E-state index contributed by atoms with van der Waals surface area (Å²) >= 11 is 5.60. The molecule has 1 rings (SSSR count). The first-order valence-electron chi connectivity index (χ1n) is 5.37. The number of amides is 1. The molecule has 2 unspecified atom stereocenters. The van der Waals surface area contributed by atoms with Gasteiger partial charge in [-0.3, -0.25) is 4.79 Å². The maximum atomic E-state index is 10.6. The van der Waals surface area contributed by atoms with Crippen LogP contribution >= 0.6 is 11.6 Å². The van der Waals surface area contributed by atoms with Crippen LogP contribution in [0.5, 0.6) is 5.75 Å². The molecule has 0 radical (unpaired) electrons. The average Bonchev–Trinajstić information content (AvgIpc) is 2.31. The summed E-state index contributed by atoms with van der Waals surface area (Å²) in [5, 5.41) is 31.1. The number of pyridine rings is 1. The Morgan fingerprint density at radius 1 is 1.50 bits per heavy atom. The molecule has 0 bridgehead atoms. The second-order valence-corrected chi connectivity index (χ2v) is 4.19. The first-order valence-corrected chi connectivity index (χ1v) is 5.75. The van der Waals surface area contributed by atoms with Gasteiger partial charge in [-0.2, -0.15) is 0 Å². The summed E-state index contributed by atoms with van der Waals surface area (Å²) < 4.78 is 0. The fraction of sp³-hybridized carbons (Fsp3) is 0.455. The van der Waals surface area contributed by atoms with E-state index in [0.29, 0.717) is 0 Å². The van der Waals surface area contributed by atoms with Crippen molar-refractivity contribution >= 4 is 17.5 Å². The van der Waals surface area contributed by atoms with Crippen LogP contribution in [0.15, 0.2) is 12.1 Å². The van der Waals surface area contributed by atoms with Crippen LogP contribution in [0.4, 0.5) is 0 Å². The zero-order chi connectivity index (χ0) is 13.7. The minimum atomic E-state index is -1.23. The van der Waals surface area contributed by atoms with Crippen molar-refractivity contribution in [2.75, 3.05) is 6.54 Å². The number of hydrogen-bond donors (Lipinski definition) is 4. The zero-order valence-electron chi connectivity index (χ0n) is 9.80. The molecule has 1 aromatic rings. The Morgan fingerprint density at radius 2 is 2.17 bits per heavy atom. The van der Waals surface area contributed by atoms with E-state index in [0.717, 1.165) is 0 Å². The Labute approximate surface area is 109 Å². The minimum absolute atomic E-state index is 0.138. The normalized spacial score (nSPS) is 14.0. The van der Waals surface area contributed by atoms with Gasteiger partial charge < -0.3 is 20.6 Å². The van der Waals surface area contributed by atoms with Gasteiger partial charge in [0.1, 0.15) is 6.10 Å². The smallest absolute Gasteiger partial charge is 0.216 e. The molecule has 0 aromatic carbocycles. The van der Waals surface area contributed by atoms with Crippen LogP contribution < -0.4 is 5.32 Å². The topological polar surface area (TPSA) is 103 Å². The van der Waals surface area contributed by atoms with E-state index >= 15 is 0 Å².